The molecule has 1 heterocycles. The first-order valence-electron chi connectivity index (χ1n) is 10.4. The fraction of sp³-hybridized carbons (Fsp3) is 0.636. The number of anilines is 1. The van der Waals surface area contributed by atoms with E-state index in [9.17, 15) is 9.59 Å². The Morgan fingerprint density at radius 3 is 2.39 bits per heavy atom. The fourth-order valence-electron chi connectivity index (χ4n) is 3.38. The molecule has 0 unspecified atom stereocenters. The van der Waals surface area contributed by atoms with Crippen molar-refractivity contribution in [1.82, 2.24) is 4.90 Å². The number of likely N-dealkylation sites (tertiary alicyclic amines) is 1. The van der Waals surface area contributed by atoms with Gasteiger partial charge in [0.1, 0.15) is 11.4 Å². The predicted octanol–water partition coefficient (Wildman–Crippen LogP) is 4.00. The van der Waals surface area contributed by atoms with Crippen LogP contribution < -0.4 is 10.1 Å². The van der Waals surface area contributed by atoms with Crippen molar-refractivity contribution in [3.63, 3.8) is 0 Å². The van der Waals surface area contributed by atoms with Gasteiger partial charge in [0.15, 0.2) is 6.61 Å². The van der Waals surface area contributed by atoms with E-state index in [1.54, 1.807) is 24.3 Å². The fourth-order valence-corrected chi connectivity index (χ4v) is 3.38. The standard InChI is InChI=1S/C22H34N2O4/c1-4-6-7-14-22(3,28-5-2)21(26)23-18-10-12-19(13-11-18)27-17-20(25)24-15-8-9-16-24/h10-13H,4-9,14-17H2,1-3H3,(H,23,26)/t22-/m1/s1. The molecule has 1 aliphatic rings. The van der Waals surface area contributed by atoms with Gasteiger partial charge < -0.3 is 19.7 Å². The van der Waals surface area contributed by atoms with Gasteiger partial charge in [0.25, 0.3) is 11.8 Å². The van der Waals surface area contributed by atoms with Crippen LogP contribution in [0.3, 0.4) is 0 Å². The van der Waals surface area contributed by atoms with Crippen molar-refractivity contribution < 1.29 is 19.1 Å². The normalized spacial score (nSPS) is 15.9. The Labute approximate surface area is 168 Å². The van der Waals surface area contributed by atoms with Crippen molar-refractivity contribution in [2.45, 2.75) is 64.9 Å². The van der Waals surface area contributed by atoms with Crippen molar-refractivity contribution in [3.8, 4) is 5.75 Å². The SMILES string of the molecule is CCCCC[C@@](C)(OCC)C(=O)Nc1ccc(OCC(=O)N2CCCC2)cc1. The maximum absolute atomic E-state index is 12.7. The van der Waals surface area contributed by atoms with E-state index in [0.717, 1.165) is 45.2 Å². The first-order valence-corrected chi connectivity index (χ1v) is 10.4. The van der Waals surface area contributed by atoms with E-state index in [0.29, 0.717) is 24.5 Å². The third-order valence-corrected chi connectivity index (χ3v) is 5.13. The molecule has 0 aromatic heterocycles. The zero-order chi connectivity index (χ0) is 20.4. The second-order valence-electron chi connectivity index (χ2n) is 7.48. The Bertz CT molecular complexity index is 626. The number of carbonyl (C=O) groups is 2. The highest BCUT2D eigenvalue weighted by Crippen LogP contribution is 2.23. The average molecular weight is 391 g/mol. The third-order valence-electron chi connectivity index (χ3n) is 5.13. The molecule has 2 amide bonds. The van der Waals surface area contributed by atoms with Crippen LogP contribution in [0, 0.1) is 0 Å². The summed E-state index contributed by atoms with van der Waals surface area (Å²) in [5.41, 5.74) is -0.147. The second-order valence-corrected chi connectivity index (χ2v) is 7.48. The summed E-state index contributed by atoms with van der Waals surface area (Å²) < 4.78 is 11.4. The zero-order valence-corrected chi connectivity index (χ0v) is 17.5. The van der Waals surface area contributed by atoms with Gasteiger partial charge >= 0.3 is 0 Å². The molecule has 1 aromatic rings. The van der Waals surface area contributed by atoms with Gasteiger partial charge in [0, 0.05) is 25.4 Å². The summed E-state index contributed by atoms with van der Waals surface area (Å²) in [6.07, 6.45) is 5.97. The number of ether oxygens (including phenoxy) is 2. The van der Waals surface area contributed by atoms with Crippen LogP contribution in [0.25, 0.3) is 0 Å². The van der Waals surface area contributed by atoms with E-state index >= 15 is 0 Å². The minimum absolute atomic E-state index is 0.0226. The van der Waals surface area contributed by atoms with E-state index in [1.165, 1.54) is 0 Å². The van der Waals surface area contributed by atoms with Gasteiger partial charge in [-0.05, 0) is 57.4 Å². The monoisotopic (exact) mass is 390 g/mol. The summed E-state index contributed by atoms with van der Waals surface area (Å²) >= 11 is 0. The Hall–Kier alpha value is -2.08. The van der Waals surface area contributed by atoms with Crippen LogP contribution in [0.4, 0.5) is 5.69 Å². The van der Waals surface area contributed by atoms with Crippen LogP contribution in [-0.2, 0) is 14.3 Å². The molecular weight excluding hydrogens is 356 g/mol. The predicted molar refractivity (Wildman–Crippen MR) is 111 cm³/mol. The highest BCUT2D eigenvalue weighted by atomic mass is 16.5. The van der Waals surface area contributed by atoms with Crippen LogP contribution >= 0.6 is 0 Å². The van der Waals surface area contributed by atoms with Gasteiger partial charge in [-0.25, -0.2) is 0 Å². The molecule has 0 aliphatic carbocycles. The third kappa shape index (κ3) is 6.51. The lowest BCUT2D eigenvalue weighted by molar-refractivity contribution is -0.139. The molecule has 1 aliphatic heterocycles. The number of rotatable bonds is 11. The molecule has 1 fully saturated rings. The van der Waals surface area contributed by atoms with Crippen molar-refractivity contribution in [3.05, 3.63) is 24.3 Å². The van der Waals surface area contributed by atoms with Crippen molar-refractivity contribution in [2.24, 2.45) is 0 Å². The zero-order valence-electron chi connectivity index (χ0n) is 17.5. The van der Waals surface area contributed by atoms with E-state index in [2.05, 4.69) is 12.2 Å². The number of nitrogens with one attached hydrogen (secondary N) is 1. The number of benzene rings is 1. The van der Waals surface area contributed by atoms with Crippen LogP contribution in [0.2, 0.25) is 0 Å². The second kappa shape index (κ2) is 11.1. The minimum atomic E-state index is -0.832. The minimum Gasteiger partial charge on any atom is -0.484 e. The van der Waals surface area contributed by atoms with Gasteiger partial charge in [0.05, 0.1) is 0 Å². The lowest BCUT2D eigenvalue weighted by atomic mass is 9.96. The molecular formula is C22H34N2O4. The number of hydrogen-bond acceptors (Lipinski definition) is 4. The maximum atomic E-state index is 12.7. The highest BCUT2D eigenvalue weighted by Gasteiger charge is 2.33. The molecule has 156 valence electrons. The molecule has 0 saturated carbocycles. The van der Waals surface area contributed by atoms with Gasteiger partial charge in [-0.2, -0.15) is 0 Å². The highest BCUT2D eigenvalue weighted by molar-refractivity contribution is 5.97. The first kappa shape index (κ1) is 22.2. The molecule has 1 atom stereocenters. The summed E-state index contributed by atoms with van der Waals surface area (Å²) in [4.78, 5) is 26.6. The number of hydrogen-bond donors (Lipinski definition) is 1. The summed E-state index contributed by atoms with van der Waals surface area (Å²) in [6, 6.07) is 7.10. The van der Waals surface area contributed by atoms with E-state index in [1.807, 2.05) is 18.7 Å². The first-order chi connectivity index (χ1) is 13.5. The molecule has 1 N–H and O–H groups in total. The topological polar surface area (TPSA) is 67.9 Å². The molecule has 6 heteroatoms. The van der Waals surface area contributed by atoms with Gasteiger partial charge in [-0.3, -0.25) is 9.59 Å². The van der Waals surface area contributed by atoms with E-state index in [-0.39, 0.29) is 18.4 Å². The van der Waals surface area contributed by atoms with Crippen molar-refractivity contribution in [2.75, 3.05) is 31.6 Å². The molecule has 1 aromatic carbocycles. The average Bonchev–Trinajstić information content (AvgIpc) is 3.22. The van der Waals surface area contributed by atoms with Gasteiger partial charge in [0.2, 0.25) is 0 Å². The lowest BCUT2D eigenvalue weighted by Gasteiger charge is -2.28. The Morgan fingerprint density at radius 2 is 1.79 bits per heavy atom. The van der Waals surface area contributed by atoms with Crippen LogP contribution in [-0.4, -0.2) is 48.6 Å². The lowest BCUT2D eigenvalue weighted by Crippen LogP contribution is -2.42. The Morgan fingerprint density at radius 1 is 1.11 bits per heavy atom. The van der Waals surface area contributed by atoms with Gasteiger partial charge in [-0.15, -0.1) is 0 Å². The number of unbranched alkanes of at least 4 members (excludes halogenated alkanes) is 2. The van der Waals surface area contributed by atoms with Crippen LogP contribution in [0.5, 0.6) is 5.75 Å². The molecule has 28 heavy (non-hydrogen) atoms. The molecule has 0 bridgehead atoms. The quantitative estimate of drug-likeness (QED) is 0.580. The Kier molecular flexibility index (Phi) is 8.77. The maximum Gasteiger partial charge on any atom is 0.260 e. The summed E-state index contributed by atoms with van der Waals surface area (Å²) in [6.45, 7) is 8.08. The number of carbonyl (C=O) groups excluding carboxylic acids is 2. The van der Waals surface area contributed by atoms with Gasteiger partial charge in [-0.1, -0.05) is 26.2 Å². The molecule has 2 rings (SSSR count). The number of amides is 2. The van der Waals surface area contributed by atoms with Crippen LogP contribution in [0.15, 0.2) is 24.3 Å². The van der Waals surface area contributed by atoms with E-state index < -0.39 is 5.60 Å². The molecule has 0 radical (unpaired) electrons. The molecule has 1 saturated heterocycles. The van der Waals surface area contributed by atoms with E-state index in [4.69, 9.17) is 9.47 Å². The van der Waals surface area contributed by atoms with Crippen LogP contribution in [0.1, 0.15) is 59.3 Å². The molecule has 0 spiro atoms. The van der Waals surface area contributed by atoms with Crippen molar-refractivity contribution in [1.29, 1.82) is 0 Å². The largest absolute Gasteiger partial charge is 0.484 e. The number of nitrogens with zero attached hydrogens (tertiary/aromatic N) is 1. The summed E-state index contributed by atoms with van der Waals surface area (Å²) in [5.74, 6) is 0.499. The smallest absolute Gasteiger partial charge is 0.260 e. The Balaban J connectivity index is 1.87. The molecule has 6 nitrogen and oxygen atoms in total. The summed E-state index contributed by atoms with van der Waals surface area (Å²) in [7, 11) is 0. The van der Waals surface area contributed by atoms with Crippen molar-refractivity contribution >= 4 is 17.5 Å². The summed E-state index contributed by atoms with van der Waals surface area (Å²) in [5, 5.41) is 2.94.